The number of nitrogens with one attached hydrogen (secondary N) is 1. The average molecular weight is 647 g/mol. The fourth-order valence-corrected chi connectivity index (χ4v) is 5.90. The van der Waals surface area contributed by atoms with Crippen LogP contribution in [0.1, 0.15) is 34.8 Å². The van der Waals surface area contributed by atoms with Crippen LogP contribution in [0.15, 0.2) is 132 Å². The van der Waals surface area contributed by atoms with Crippen molar-refractivity contribution in [3.05, 3.63) is 161 Å². The van der Waals surface area contributed by atoms with Gasteiger partial charge in [0, 0.05) is 37.6 Å². The van der Waals surface area contributed by atoms with E-state index in [-0.39, 0.29) is 31.9 Å². The smallest absolute Gasteiger partial charge is 0.252 e. The highest BCUT2D eigenvalue weighted by atomic mass is 19.1. The van der Waals surface area contributed by atoms with E-state index < -0.39 is 23.3 Å². The molecule has 244 valence electrons. The van der Waals surface area contributed by atoms with Crippen LogP contribution in [-0.4, -0.2) is 42.2 Å². The fourth-order valence-electron chi connectivity index (χ4n) is 5.90. The summed E-state index contributed by atoms with van der Waals surface area (Å²) < 4.78 is 40.1. The second-order valence-electron chi connectivity index (χ2n) is 11.7. The molecule has 0 saturated carbocycles. The lowest BCUT2D eigenvalue weighted by molar-refractivity contribution is -0.128. The van der Waals surface area contributed by atoms with Crippen molar-refractivity contribution in [1.29, 1.82) is 0 Å². The number of carbonyl (C=O) groups excluding carboxylic acids is 1. The summed E-state index contributed by atoms with van der Waals surface area (Å²) in [5.41, 5.74) is 3.46. The summed E-state index contributed by atoms with van der Waals surface area (Å²) in [6, 6.07) is 38.2. The number of aliphatic imine (C=N–C) groups is 1. The van der Waals surface area contributed by atoms with Crippen molar-refractivity contribution >= 4 is 11.8 Å². The molecule has 0 saturated heterocycles. The summed E-state index contributed by atoms with van der Waals surface area (Å²) in [5, 5.41) is 12.1. The predicted molar refractivity (Wildman–Crippen MR) is 182 cm³/mol. The minimum absolute atomic E-state index is 0.0428. The number of aliphatic hydroxyl groups excluding tert-OH is 1. The Hall–Kier alpha value is -5.34. The standard InChI is InChI=1S/C40H36F2N2O4/c41-34-24-29(25-35(42)26-34)20-21-43-39(46)40(27-28-8-3-1-4-9-28)37(32-14-12-31(13-15-32)30-10-5-2-6-11-30)48-38(44-40)33-16-18-36(19-17-33)47-23-7-22-45/h1-6,8-19,24-26,37,45H,7,20-23,27H2,(H,43,46)/t37-,40-/m1/s1. The topological polar surface area (TPSA) is 80.2 Å². The summed E-state index contributed by atoms with van der Waals surface area (Å²) in [6.45, 7) is 0.570. The van der Waals surface area contributed by atoms with Gasteiger partial charge >= 0.3 is 0 Å². The lowest BCUT2D eigenvalue weighted by atomic mass is 9.81. The number of aliphatic hydroxyl groups is 1. The lowest BCUT2D eigenvalue weighted by Gasteiger charge is -2.31. The molecule has 1 amide bonds. The lowest BCUT2D eigenvalue weighted by Crippen LogP contribution is -2.50. The van der Waals surface area contributed by atoms with Crippen LogP contribution in [0.3, 0.4) is 0 Å². The quantitative estimate of drug-likeness (QED) is 0.132. The summed E-state index contributed by atoms with van der Waals surface area (Å²) >= 11 is 0. The number of hydrogen-bond donors (Lipinski definition) is 2. The van der Waals surface area contributed by atoms with E-state index in [9.17, 15) is 13.6 Å². The van der Waals surface area contributed by atoms with Gasteiger partial charge in [-0.1, -0.05) is 84.9 Å². The van der Waals surface area contributed by atoms with Crippen molar-refractivity contribution in [2.75, 3.05) is 19.8 Å². The van der Waals surface area contributed by atoms with Gasteiger partial charge in [0.05, 0.1) is 6.61 Å². The molecule has 2 N–H and O–H groups in total. The molecule has 0 aromatic heterocycles. The third-order valence-electron chi connectivity index (χ3n) is 8.29. The minimum Gasteiger partial charge on any atom is -0.494 e. The molecular formula is C40H36F2N2O4. The molecule has 1 heterocycles. The van der Waals surface area contributed by atoms with E-state index in [2.05, 4.69) is 5.32 Å². The van der Waals surface area contributed by atoms with E-state index >= 15 is 0 Å². The van der Waals surface area contributed by atoms with Gasteiger partial charge in [-0.2, -0.15) is 0 Å². The summed E-state index contributed by atoms with van der Waals surface area (Å²) in [5.74, 6) is -0.745. The third-order valence-corrected chi connectivity index (χ3v) is 8.29. The summed E-state index contributed by atoms with van der Waals surface area (Å²) in [6.07, 6.45) is 0.205. The summed E-state index contributed by atoms with van der Waals surface area (Å²) in [4.78, 5) is 19.5. The highest BCUT2D eigenvalue weighted by Gasteiger charge is 2.53. The monoisotopic (exact) mass is 646 g/mol. The van der Waals surface area contributed by atoms with Crippen LogP contribution in [0.2, 0.25) is 0 Å². The number of amides is 1. The van der Waals surface area contributed by atoms with E-state index in [1.165, 1.54) is 12.1 Å². The molecule has 0 bridgehead atoms. The fraction of sp³-hybridized carbons (Fsp3) is 0.200. The zero-order valence-electron chi connectivity index (χ0n) is 26.3. The average Bonchev–Trinajstić information content (AvgIpc) is 3.49. The van der Waals surface area contributed by atoms with Gasteiger partial charge in [0.25, 0.3) is 5.91 Å². The number of benzene rings is 5. The van der Waals surface area contributed by atoms with Crippen LogP contribution >= 0.6 is 0 Å². The molecule has 0 unspecified atom stereocenters. The van der Waals surface area contributed by atoms with Gasteiger partial charge in [-0.25, -0.2) is 13.8 Å². The van der Waals surface area contributed by atoms with Gasteiger partial charge in [-0.15, -0.1) is 0 Å². The normalized spacial score (nSPS) is 17.0. The number of rotatable bonds is 13. The number of nitrogens with zero attached hydrogens (tertiary/aromatic N) is 1. The van der Waals surface area contributed by atoms with Gasteiger partial charge < -0.3 is 19.9 Å². The SMILES string of the molecule is O=C(NCCc1cc(F)cc(F)c1)[C@]1(Cc2ccccc2)N=C(c2ccc(OCCCO)cc2)O[C@@H]1c1ccc(-c2ccccc2)cc1. The molecule has 1 aliphatic rings. The van der Waals surface area contributed by atoms with E-state index in [4.69, 9.17) is 19.6 Å². The Labute approximate surface area is 278 Å². The van der Waals surface area contributed by atoms with Gasteiger partial charge in [-0.05, 0) is 70.6 Å². The van der Waals surface area contributed by atoms with Gasteiger partial charge in [0.2, 0.25) is 5.90 Å². The Kier molecular flexibility index (Phi) is 10.2. The highest BCUT2D eigenvalue weighted by Crippen LogP contribution is 2.43. The van der Waals surface area contributed by atoms with Crippen molar-refractivity contribution in [3.63, 3.8) is 0 Å². The first-order valence-corrected chi connectivity index (χ1v) is 16.0. The second kappa shape index (κ2) is 15.0. The molecule has 0 fully saturated rings. The molecule has 0 radical (unpaired) electrons. The van der Waals surface area contributed by atoms with Crippen LogP contribution in [0, 0.1) is 11.6 Å². The predicted octanol–water partition coefficient (Wildman–Crippen LogP) is 7.25. The molecule has 5 aromatic rings. The number of hydrogen-bond acceptors (Lipinski definition) is 5. The van der Waals surface area contributed by atoms with Crippen LogP contribution in [0.25, 0.3) is 11.1 Å². The van der Waals surface area contributed by atoms with Crippen molar-refractivity contribution in [1.82, 2.24) is 5.32 Å². The third kappa shape index (κ3) is 7.61. The Morgan fingerprint density at radius 2 is 1.42 bits per heavy atom. The van der Waals surface area contributed by atoms with Crippen LogP contribution < -0.4 is 10.1 Å². The molecule has 2 atom stereocenters. The Balaban J connectivity index is 1.36. The summed E-state index contributed by atoms with van der Waals surface area (Å²) in [7, 11) is 0. The number of ether oxygens (including phenoxy) is 2. The van der Waals surface area contributed by atoms with Gasteiger partial charge in [0.15, 0.2) is 11.6 Å². The van der Waals surface area contributed by atoms with E-state index in [0.29, 0.717) is 35.8 Å². The van der Waals surface area contributed by atoms with Crippen LogP contribution in [-0.2, 0) is 22.4 Å². The molecule has 1 aliphatic heterocycles. The molecule has 6 rings (SSSR count). The molecular weight excluding hydrogens is 610 g/mol. The van der Waals surface area contributed by atoms with E-state index in [1.54, 1.807) is 12.1 Å². The Morgan fingerprint density at radius 3 is 2.08 bits per heavy atom. The second-order valence-corrected chi connectivity index (χ2v) is 11.7. The van der Waals surface area contributed by atoms with Crippen LogP contribution in [0.4, 0.5) is 8.78 Å². The maximum atomic E-state index is 14.5. The molecule has 0 spiro atoms. The van der Waals surface area contributed by atoms with E-state index in [0.717, 1.165) is 28.3 Å². The van der Waals surface area contributed by atoms with Crippen LogP contribution in [0.5, 0.6) is 5.75 Å². The Morgan fingerprint density at radius 1 is 0.792 bits per heavy atom. The zero-order valence-corrected chi connectivity index (χ0v) is 26.3. The van der Waals surface area contributed by atoms with Crippen molar-refractivity contribution in [3.8, 4) is 16.9 Å². The molecule has 6 nitrogen and oxygen atoms in total. The number of carbonyl (C=O) groups is 1. The van der Waals surface area contributed by atoms with Crippen molar-refractivity contribution < 1.29 is 28.2 Å². The molecule has 0 aliphatic carbocycles. The first kappa shape index (κ1) is 32.6. The molecule has 48 heavy (non-hydrogen) atoms. The van der Waals surface area contributed by atoms with Crippen molar-refractivity contribution in [2.24, 2.45) is 4.99 Å². The minimum atomic E-state index is -1.41. The first-order valence-electron chi connectivity index (χ1n) is 16.0. The van der Waals surface area contributed by atoms with Gasteiger partial charge in [0.1, 0.15) is 17.4 Å². The molecule has 8 heteroatoms. The molecule has 5 aromatic carbocycles. The van der Waals surface area contributed by atoms with Gasteiger partial charge in [-0.3, -0.25) is 4.79 Å². The maximum absolute atomic E-state index is 14.5. The maximum Gasteiger partial charge on any atom is 0.252 e. The largest absolute Gasteiger partial charge is 0.494 e. The van der Waals surface area contributed by atoms with E-state index in [1.807, 2.05) is 97.1 Å². The zero-order chi connectivity index (χ0) is 33.3. The van der Waals surface area contributed by atoms with Crippen molar-refractivity contribution in [2.45, 2.75) is 30.9 Å². The number of halogens is 2. The Bertz CT molecular complexity index is 1830. The highest BCUT2D eigenvalue weighted by molar-refractivity contribution is 6.01. The first-order chi connectivity index (χ1) is 23.4.